The normalized spacial score (nSPS) is 9.96. The summed E-state index contributed by atoms with van der Waals surface area (Å²) < 4.78 is 18.0. The van der Waals surface area contributed by atoms with Crippen LogP contribution in [0.15, 0.2) is 47.4 Å². The summed E-state index contributed by atoms with van der Waals surface area (Å²) in [6.45, 7) is 1.37. The SMILES string of the molecule is Cc1cc(SC#N)ccc1NC(=O)COC(=O)Cc1cccc(F)c1. The molecule has 25 heavy (non-hydrogen) atoms. The number of hydrogen-bond acceptors (Lipinski definition) is 5. The van der Waals surface area contributed by atoms with Crippen LogP contribution in [0, 0.1) is 23.4 Å². The van der Waals surface area contributed by atoms with Gasteiger partial charge in [0, 0.05) is 10.6 Å². The Bertz CT molecular complexity index is 833. The van der Waals surface area contributed by atoms with E-state index < -0.39 is 24.3 Å². The highest BCUT2D eigenvalue weighted by atomic mass is 32.2. The minimum atomic E-state index is -0.613. The van der Waals surface area contributed by atoms with Crippen molar-refractivity contribution in [1.29, 1.82) is 5.26 Å². The van der Waals surface area contributed by atoms with E-state index in [1.165, 1.54) is 18.2 Å². The number of thioether (sulfide) groups is 1. The fraction of sp³-hybridized carbons (Fsp3) is 0.167. The van der Waals surface area contributed by atoms with E-state index in [0.29, 0.717) is 11.3 Å². The summed E-state index contributed by atoms with van der Waals surface area (Å²) in [4.78, 5) is 24.4. The number of anilines is 1. The number of nitrogens with zero attached hydrogens (tertiary/aromatic N) is 1. The Morgan fingerprint density at radius 1 is 1.28 bits per heavy atom. The minimum absolute atomic E-state index is 0.107. The molecule has 0 heterocycles. The van der Waals surface area contributed by atoms with Gasteiger partial charge in [0.1, 0.15) is 11.2 Å². The van der Waals surface area contributed by atoms with Crippen LogP contribution in [0.1, 0.15) is 11.1 Å². The molecule has 2 rings (SSSR count). The molecule has 0 atom stereocenters. The van der Waals surface area contributed by atoms with Crippen molar-refractivity contribution in [3.63, 3.8) is 0 Å². The van der Waals surface area contributed by atoms with Crippen molar-refractivity contribution in [3.8, 4) is 5.40 Å². The molecule has 0 spiro atoms. The van der Waals surface area contributed by atoms with Gasteiger partial charge in [-0.3, -0.25) is 9.59 Å². The van der Waals surface area contributed by atoms with Crippen LogP contribution in [0.2, 0.25) is 0 Å². The van der Waals surface area contributed by atoms with Gasteiger partial charge in [-0.15, -0.1) is 0 Å². The molecule has 0 aliphatic rings. The third-order valence-electron chi connectivity index (χ3n) is 3.24. The summed E-state index contributed by atoms with van der Waals surface area (Å²) in [6.07, 6.45) is -0.107. The van der Waals surface area contributed by atoms with E-state index >= 15 is 0 Å². The molecule has 0 radical (unpaired) electrons. The molecule has 2 aromatic rings. The number of thiocyanates is 1. The largest absolute Gasteiger partial charge is 0.455 e. The van der Waals surface area contributed by atoms with E-state index in [2.05, 4.69) is 5.32 Å². The lowest BCUT2D eigenvalue weighted by Gasteiger charge is -2.10. The first-order chi connectivity index (χ1) is 12.0. The van der Waals surface area contributed by atoms with Gasteiger partial charge in [-0.1, -0.05) is 12.1 Å². The Morgan fingerprint density at radius 2 is 2.08 bits per heavy atom. The number of rotatable bonds is 6. The number of aryl methyl sites for hydroxylation is 1. The van der Waals surface area contributed by atoms with Crippen LogP contribution in [-0.2, 0) is 20.7 Å². The van der Waals surface area contributed by atoms with Crippen LogP contribution >= 0.6 is 11.8 Å². The Kier molecular flexibility index (Phi) is 6.54. The fourth-order valence-electron chi connectivity index (χ4n) is 2.09. The second-order valence-corrected chi connectivity index (χ2v) is 6.04. The number of halogens is 1. The van der Waals surface area contributed by atoms with Crippen molar-refractivity contribution in [2.45, 2.75) is 18.2 Å². The van der Waals surface area contributed by atoms with E-state index in [1.54, 1.807) is 31.2 Å². The number of carbonyl (C=O) groups is 2. The molecule has 0 saturated heterocycles. The summed E-state index contributed by atoms with van der Waals surface area (Å²) in [5.41, 5.74) is 1.85. The van der Waals surface area contributed by atoms with Crippen LogP contribution < -0.4 is 5.32 Å². The summed E-state index contributed by atoms with van der Waals surface area (Å²) >= 11 is 1.03. The van der Waals surface area contributed by atoms with Crippen molar-refractivity contribution in [3.05, 3.63) is 59.4 Å². The van der Waals surface area contributed by atoms with Gasteiger partial charge in [0.2, 0.25) is 0 Å². The molecule has 0 bridgehead atoms. The predicted octanol–water partition coefficient (Wildman–Crippen LogP) is 3.43. The number of nitriles is 1. The van der Waals surface area contributed by atoms with E-state index in [-0.39, 0.29) is 6.42 Å². The van der Waals surface area contributed by atoms with Gasteiger partial charge < -0.3 is 10.1 Å². The third-order valence-corrected chi connectivity index (χ3v) is 3.82. The Morgan fingerprint density at radius 3 is 2.76 bits per heavy atom. The molecule has 0 aliphatic carbocycles. The summed E-state index contributed by atoms with van der Waals surface area (Å²) in [5, 5.41) is 13.3. The minimum Gasteiger partial charge on any atom is -0.455 e. The third kappa shape index (κ3) is 5.94. The average Bonchev–Trinajstić information content (AvgIpc) is 2.56. The highest BCUT2D eigenvalue weighted by molar-refractivity contribution is 8.03. The van der Waals surface area contributed by atoms with Crippen molar-refractivity contribution >= 4 is 29.3 Å². The molecule has 0 fully saturated rings. The van der Waals surface area contributed by atoms with E-state index in [4.69, 9.17) is 10.00 Å². The molecule has 0 aromatic heterocycles. The zero-order chi connectivity index (χ0) is 18.2. The molecule has 5 nitrogen and oxygen atoms in total. The molecule has 0 aliphatic heterocycles. The van der Waals surface area contributed by atoms with Gasteiger partial charge in [0.05, 0.1) is 6.42 Å². The van der Waals surface area contributed by atoms with Gasteiger partial charge in [-0.05, 0) is 60.1 Å². The van der Waals surface area contributed by atoms with Crippen molar-refractivity contribution < 1.29 is 18.7 Å². The first-order valence-electron chi connectivity index (χ1n) is 7.34. The van der Waals surface area contributed by atoms with Crippen LogP contribution in [0.25, 0.3) is 0 Å². The number of carbonyl (C=O) groups excluding carboxylic acids is 2. The Balaban J connectivity index is 1.84. The number of esters is 1. The number of benzene rings is 2. The van der Waals surface area contributed by atoms with E-state index in [1.807, 2.05) is 5.40 Å². The molecular formula is C18H15FN2O3S. The first kappa shape index (κ1) is 18.5. The van der Waals surface area contributed by atoms with Crippen molar-refractivity contribution in [2.24, 2.45) is 0 Å². The first-order valence-corrected chi connectivity index (χ1v) is 8.16. The van der Waals surface area contributed by atoms with E-state index in [9.17, 15) is 14.0 Å². The maximum atomic E-state index is 13.1. The quantitative estimate of drug-likeness (QED) is 0.486. The van der Waals surface area contributed by atoms with Crippen LogP contribution in [0.4, 0.5) is 10.1 Å². The predicted molar refractivity (Wildman–Crippen MR) is 92.3 cm³/mol. The van der Waals surface area contributed by atoms with E-state index in [0.717, 1.165) is 22.2 Å². The van der Waals surface area contributed by atoms with Crippen LogP contribution in [0.3, 0.4) is 0 Å². The zero-order valence-electron chi connectivity index (χ0n) is 13.4. The molecule has 0 unspecified atom stereocenters. The molecule has 1 N–H and O–H groups in total. The molecule has 128 valence electrons. The lowest BCUT2D eigenvalue weighted by Crippen LogP contribution is -2.22. The standard InChI is InChI=1S/C18H15FN2O3S/c1-12-7-15(25-11-20)5-6-16(12)21-17(22)10-24-18(23)9-13-3-2-4-14(19)8-13/h2-8H,9-10H2,1H3,(H,21,22). The fourth-order valence-corrected chi connectivity index (χ4v) is 2.57. The zero-order valence-corrected chi connectivity index (χ0v) is 14.2. The van der Waals surface area contributed by atoms with Crippen molar-refractivity contribution in [1.82, 2.24) is 0 Å². The van der Waals surface area contributed by atoms with Gasteiger partial charge in [-0.2, -0.15) is 5.26 Å². The Hall–Kier alpha value is -2.85. The second kappa shape index (κ2) is 8.85. The van der Waals surface area contributed by atoms with Crippen molar-refractivity contribution in [2.75, 3.05) is 11.9 Å². The van der Waals surface area contributed by atoms with Gasteiger partial charge in [0.25, 0.3) is 5.91 Å². The Labute approximate surface area is 148 Å². The number of nitrogens with one attached hydrogen (secondary N) is 1. The maximum Gasteiger partial charge on any atom is 0.310 e. The summed E-state index contributed by atoms with van der Waals surface area (Å²) in [6, 6.07) is 10.8. The smallest absolute Gasteiger partial charge is 0.310 e. The monoisotopic (exact) mass is 358 g/mol. The summed E-state index contributed by atoms with van der Waals surface area (Å²) in [5.74, 6) is -1.52. The lowest BCUT2D eigenvalue weighted by molar-refractivity contribution is -0.146. The topological polar surface area (TPSA) is 79.2 Å². The van der Waals surface area contributed by atoms with Crippen LogP contribution in [-0.4, -0.2) is 18.5 Å². The number of hydrogen-bond donors (Lipinski definition) is 1. The molecular weight excluding hydrogens is 343 g/mol. The number of amides is 1. The molecule has 7 heteroatoms. The average molecular weight is 358 g/mol. The van der Waals surface area contributed by atoms with Crippen LogP contribution in [0.5, 0.6) is 0 Å². The second-order valence-electron chi connectivity index (χ2n) is 5.19. The van der Waals surface area contributed by atoms with Gasteiger partial charge in [-0.25, -0.2) is 4.39 Å². The highest BCUT2D eigenvalue weighted by Crippen LogP contribution is 2.23. The molecule has 0 saturated carbocycles. The highest BCUT2D eigenvalue weighted by Gasteiger charge is 2.10. The summed E-state index contributed by atoms with van der Waals surface area (Å²) in [7, 11) is 0. The van der Waals surface area contributed by atoms with Gasteiger partial charge in [0.15, 0.2) is 6.61 Å². The molecule has 1 amide bonds. The maximum absolute atomic E-state index is 13.1. The molecule has 2 aromatic carbocycles. The number of ether oxygens (including phenoxy) is 1. The lowest BCUT2D eigenvalue weighted by atomic mass is 10.1. The van der Waals surface area contributed by atoms with Gasteiger partial charge >= 0.3 is 5.97 Å².